The number of esters is 1. The summed E-state index contributed by atoms with van der Waals surface area (Å²) in [6.45, 7) is 10.4. The third-order valence-corrected chi connectivity index (χ3v) is 7.23. The molecule has 0 fully saturated rings. The monoisotopic (exact) mass is 534 g/mol. The van der Waals surface area contributed by atoms with Gasteiger partial charge in [-0.2, -0.15) is 0 Å². The number of thiazole rings is 1. The molecule has 0 saturated carbocycles. The average molecular weight is 535 g/mol. The highest BCUT2D eigenvalue weighted by molar-refractivity contribution is 7.07. The van der Waals surface area contributed by atoms with Crippen LogP contribution in [0.2, 0.25) is 0 Å². The van der Waals surface area contributed by atoms with Crippen LogP contribution in [0.25, 0.3) is 6.08 Å². The number of carbonyl (C=O) groups is 1. The maximum atomic E-state index is 13.9. The molecule has 0 spiro atoms. The van der Waals surface area contributed by atoms with Gasteiger partial charge in [0, 0.05) is 12.7 Å². The highest BCUT2D eigenvalue weighted by Gasteiger charge is 2.33. The SMILES string of the molecule is COCCOC(=O)C1=C(C)N=c2sc(=Cc3ccccc3OC(C)C)c(=O)n2C1c1ccc(C(C)C)cc1. The highest BCUT2D eigenvalue weighted by Crippen LogP contribution is 2.31. The van der Waals surface area contributed by atoms with Gasteiger partial charge in [0.1, 0.15) is 12.4 Å². The van der Waals surface area contributed by atoms with E-state index in [1.165, 1.54) is 16.9 Å². The van der Waals surface area contributed by atoms with Crippen molar-refractivity contribution in [2.75, 3.05) is 20.3 Å². The van der Waals surface area contributed by atoms with E-state index in [1.54, 1.807) is 18.6 Å². The Bertz CT molecular complexity index is 1510. The normalized spacial score (nSPS) is 15.6. The van der Waals surface area contributed by atoms with Crippen molar-refractivity contribution >= 4 is 23.4 Å². The number of ether oxygens (including phenoxy) is 3. The van der Waals surface area contributed by atoms with Gasteiger partial charge in [-0.05, 0) is 50.0 Å². The molecule has 1 aliphatic heterocycles. The first-order chi connectivity index (χ1) is 18.2. The van der Waals surface area contributed by atoms with Gasteiger partial charge in [-0.1, -0.05) is 67.6 Å². The number of hydrogen-bond acceptors (Lipinski definition) is 7. The Balaban J connectivity index is 1.88. The molecule has 1 aromatic heterocycles. The molecule has 0 bridgehead atoms. The summed E-state index contributed by atoms with van der Waals surface area (Å²) in [6.07, 6.45) is 1.82. The van der Waals surface area contributed by atoms with E-state index in [-0.39, 0.29) is 24.9 Å². The second kappa shape index (κ2) is 11.9. The van der Waals surface area contributed by atoms with Gasteiger partial charge in [0.2, 0.25) is 0 Å². The second-order valence-corrected chi connectivity index (χ2v) is 10.7. The zero-order chi connectivity index (χ0) is 27.4. The van der Waals surface area contributed by atoms with Gasteiger partial charge in [-0.15, -0.1) is 0 Å². The van der Waals surface area contributed by atoms with E-state index in [9.17, 15) is 9.59 Å². The van der Waals surface area contributed by atoms with Crippen molar-refractivity contribution in [3.05, 3.63) is 96.2 Å². The molecule has 2 aromatic carbocycles. The van der Waals surface area contributed by atoms with Gasteiger partial charge in [-0.25, -0.2) is 9.79 Å². The second-order valence-electron chi connectivity index (χ2n) is 9.74. The van der Waals surface area contributed by atoms with Crippen LogP contribution in [0.4, 0.5) is 0 Å². The van der Waals surface area contributed by atoms with Gasteiger partial charge in [0.05, 0.1) is 34.6 Å². The van der Waals surface area contributed by atoms with Gasteiger partial charge < -0.3 is 14.2 Å². The lowest BCUT2D eigenvalue weighted by Gasteiger charge is -2.25. The van der Waals surface area contributed by atoms with Crippen molar-refractivity contribution in [1.29, 1.82) is 0 Å². The lowest BCUT2D eigenvalue weighted by molar-refractivity contribution is -0.140. The number of allylic oxidation sites excluding steroid dienone is 1. The molecule has 4 rings (SSSR count). The van der Waals surface area contributed by atoms with Crippen molar-refractivity contribution in [1.82, 2.24) is 4.57 Å². The zero-order valence-electron chi connectivity index (χ0n) is 22.7. The quantitative estimate of drug-likeness (QED) is 0.302. The van der Waals surface area contributed by atoms with E-state index < -0.39 is 12.0 Å². The van der Waals surface area contributed by atoms with Crippen LogP contribution in [-0.2, 0) is 14.3 Å². The van der Waals surface area contributed by atoms with Crippen molar-refractivity contribution in [3.8, 4) is 5.75 Å². The van der Waals surface area contributed by atoms with E-state index in [0.717, 1.165) is 11.1 Å². The number of fused-ring (bicyclic) bond motifs is 1. The van der Waals surface area contributed by atoms with E-state index in [0.29, 0.717) is 32.3 Å². The molecule has 7 nitrogen and oxygen atoms in total. The summed E-state index contributed by atoms with van der Waals surface area (Å²) in [5.41, 5.74) is 3.45. The number of nitrogens with zero attached hydrogens (tertiary/aromatic N) is 2. The first-order valence-corrected chi connectivity index (χ1v) is 13.6. The number of benzene rings is 2. The molecule has 0 radical (unpaired) electrons. The molecule has 38 heavy (non-hydrogen) atoms. The summed E-state index contributed by atoms with van der Waals surface area (Å²) in [5, 5.41) is 0. The first kappa shape index (κ1) is 27.5. The maximum absolute atomic E-state index is 13.9. The van der Waals surface area contributed by atoms with E-state index in [2.05, 4.69) is 18.8 Å². The Morgan fingerprint density at radius 2 is 1.79 bits per heavy atom. The first-order valence-electron chi connectivity index (χ1n) is 12.8. The van der Waals surface area contributed by atoms with Crippen LogP contribution in [0.15, 0.2) is 69.6 Å². The number of rotatable bonds is 9. The Morgan fingerprint density at radius 1 is 1.08 bits per heavy atom. The predicted molar refractivity (Wildman–Crippen MR) is 149 cm³/mol. The van der Waals surface area contributed by atoms with E-state index >= 15 is 0 Å². The molecule has 1 unspecified atom stereocenters. The van der Waals surface area contributed by atoms with Crippen LogP contribution in [0.3, 0.4) is 0 Å². The van der Waals surface area contributed by atoms with Crippen molar-refractivity contribution < 1.29 is 19.0 Å². The number of hydrogen-bond donors (Lipinski definition) is 0. The summed E-state index contributed by atoms with van der Waals surface area (Å²) in [6, 6.07) is 15.0. The summed E-state index contributed by atoms with van der Waals surface area (Å²) in [5.74, 6) is 0.550. The highest BCUT2D eigenvalue weighted by atomic mass is 32.1. The van der Waals surface area contributed by atoms with Crippen LogP contribution in [0.1, 0.15) is 63.3 Å². The van der Waals surface area contributed by atoms with Crippen molar-refractivity contribution in [3.63, 3.8) is 0 Å². The Labute approximate surface area is 226 Å². The molecule has 0 N–H and O–H groups in total. The van der Waals surface area contributed by atoms with Crippen LogP contribution < -0.4 is 19.6 Å². The maximum Gasteiger partial charge on any atom is 0.338 e. The molecule has 2 heterocycles. The average Bonchev–Trinajstić information content (AvgIpc) is 3.18. The molecule has 200 valence electrons. The zero-order valence-corrected chi connectivity index (χ0v) is 23.5. The van der Waals surface area contributed by atoms with Crippen LogP contribution in [0.5, 0.6) is 5.75 Å². The standard InChI is InChI=1S/C30H34N2O5S/c1-18(2)21-11-13-22(14-12-21)27-26(29(34)36-16-15-35-6)20(5)31-30-32(27)28(33)25(38-30)17-23-9-7-8-10-24(23)37-19(3)4/h7-14,17-19,27H,15-16H2,1-6H3. The fraction of sp³-hybridized carbons (Fsp3) is 0.367. The topological polar surface area (TPSA) is 79.1 Å². The lowest BCUT2D eigenvalue weighted by atomic mass is 9.93. The van der Waals surface area contributed by atoms with Gasteiger partial charge in [0.15, 0.2) is 4.80 Å². The van der Waals surface area contributed by atoms with Gasteiger partial charge >= 0.3 is 5.97 Å². The molecule has 3 aromatic rings. The van der Waals surface area contributed by atoms with Gasteiger partial charge in [-0.3, -0.25) is 9.36 Å². The number of methoxy groups -OCH3 is 1. The van der Waals surface area contributed by atoms with Crippen LogP contribution in [0, 0.1) is 0 Å². The molecular formula is C30H34N2O5S. The summed E-state index contributed by atoms with van der Waals surface area (Å²) < 4.78 is 18.6. The number of para-hydroxylation sites is 1. The molecule has 1 aliphatic rings. The van der Waals surface area contributed by atoms with E-state index in [1.807, 2.05) is 68.5 Å². The van der Waals surface area contributed by atoms with Crippen molar-refractivity contribution in [2.45, 2.75) is 52.7 Å². The number of aromatic nitrogens is 1. The number of carbonyl (C=O) groups excluding carboxylic acids is 1. The Hall–Kier alpha value is -3.49. The minimum Gasteiger partial charge on any atom is -0.490 e. The fourth-order valence-corrected chi connectivity index (χ4v) is 5.40. The predicted octanol–water partition coefficient (Wildman–Crippen LogP) is 4.34. The van der Waals surface area contributed by atoms with Crippen LogP contribution in [-0.4, -0.2) is 37.0 Å². The molecule has 0 amide bonds. The van der Waals surface area contributed by atoms with E-state index in [4.69, 9.17) is 14.2 Å². The lowest BCUT2D eigenvalue weighted by Crippen LogP contribution is -2.40. The Kier molecular flexibility index (Phi) is 8.64. The largest absolute Gasteiger partial charge is 0.490 e. The van der Waals surface area contributed by atoms with Crippen LogP contribution >= 0.6 is 11.3 Å². The molecule has 1 atom stereocenters. The Morgan fingerprint density at radius 3 is 2.45 bits per heavy atom. The third kappa shape index (κ3) is 5.81. The van der Waals surface area contributed by atoms with Crippen molar-refractivity contribution in [2.24, 2.45) is 4.99 Å². The fourth-order valence-electron chi connectivity index (χ4n) is 4.36. The van der Waals surface area contributed by atoms with Gasteiger partial charge in [0.25, 0.3) is 5.56 Å². The summed E-state index contributed by atoms with van der Waals surface area (Å²) in [7, 11) is 1.55. The minimum absolute atomic E-state index is 0.00564. The summed E-state index contributed by atoms with van der Waals surface area (Å²) in [4.78, 5) is 32.4. The third-order valence-electron chi connectivity index (χ3n) is 6.25. The smallest absolute Gasteiger partial charge is 0.338 e. The summed E-state index contributed by atoms with van der Waals surface area (Å²) >= 11 is 1.30. The molecule has 8 heteroatoms. The molecular weight excluding hydrogens is 500 g/mol. The molecule has 0 saturated heterocycles. The molecule has 0 aliphatic carbocycles. The minimum atomic E-state index is -0.660.